The molecule has 6 heteroatoms. The van der Waals surface area contributed by atoms with E-state index in [0.717, 1.165) is 10.9 Å². The zero-order chi connectivity index (χ0) is 23.0. The number of esters is 1. The molecule has 0 fully saturated rings. The van der Waals surface area contributed by atoms with Gasteiger partial charge in [0.1, 0.15) is 0 Å². The van der Waals surface area contributed by atoms with Crippen molar-refractivity contribution in [2.75, 3.05) is 6.61 Å². The van der Waals surface area contributed by atoms with Crippen molar-refractivity contribution in [1.82, 2.24) is 3.97 Å². The Hall–Kier alpha value is -3.90. The predicted octanol–water partition coefficient (Wildman–Crippen LogP) is 5.88. The number of benzene rings is 4. The van der Waals surface area contributed by atoms with Crippen molar-refractivity contribution in [3.8, 4) is 11.1 Å². The van der Waals surface area contributed by atoms with Gasteiger partial charge in [-0.15, -0.1) is 0 Å². The SMILES string of the molecule is CCOC(=O)c1cc2c3ccccc3n(S(=O)(=O)c3ccccc3)c2cc1-c1ccccc1. The lowest BCUT2D eigenvalue weighted by Crippen LogP contribution is -2.13. The lowest BCUT2D eigenvalue weighted by Gasteiger charge is -2.13. The first-order valence-corrected chi connectivity index (χ1v) is 12.1. The third-order valence-electron chi connectivity index (χ3n) is 5.63. The maximum Gasteiger partial charge on any atom is 0.338 e. The third kappa shape index (κ3) is 3.49. The van der Waals surface area contributed by atoms with Gasteiger partial charge in [0.25, 0.3) is 10.0 Å². The second kappa shape index (κ2) is 8.22. The highest BCUT2D eigenvalue weighted by Crippen LogP contribution is 2.37. The number of hydrogen-bond donors (Lipinski definition) is 0. The van der Waals surface area contributed by atoms with Crippen LogP contribution in [-0.4, -0.2) is 25.0 Å². The largest absolute Gasteiger partial charge is 0.462 e. The number of aromatic nitrogens is 1. The average Bonchev–Trinajstić information content (AvgIpc) is 3.18. The predicted molar refractivity (Wildman–Crippen MR) is 130 cm³/mol. The molecule has 0 unspecified atom stereocenters. The molecule has 0 aliphatic rings. The molecule has 1 aromatic heterocycles. The molecular formula is C27H21NO4S. The minimum Gasteiger partial charge on any atom is -0.462 e. The summed E-state index contributed by atoms with van der Waals surface area (Å²) in [6, 6.07) is 28.6. The second-order valence-electron chi connectivity index (χ2n) is 7.60. The average molecular weight is 456 g/mol. The highest BCUT2D eigenvalue weighted by atomic mass is 32.2. The van der Waals surface area contributed by atoms with Crippen LogP contribution in [0.15, 0.2) is 102 Å². The summed E-state index contributed by atoms with van der Waals surface area (Å²) in [5.41, 5.74) is 2.88. The van der Waals surface area contributed by atoms with E-state index in [2.05, 4.69) is 0 Å². The number of carbonyl (C=O) groups is 1. The van der Waals surface area contributed by atoms with Gasteiger partial charge in [0, 0.05) is 10.8 Å². The lowest BCUT2D eigenvalue weighted by atomic mass is 9.97. The molecule has 1 heterocycles. The molecule has 5 rings (SSSR count). The van der Waals surface area contributed by atoms with E-state index in [9.17, 15) is 13.2 Å². The van der Waals surface area contributed by atoms with Gasteiger partial charge < -0.3 is 4.74 Å². The summed E-state index contributed by atoms with van der Waals surface area (Å²) in [5, 5.41) is 1.42. The topological polar surface area (TPSA) is 65.4 Å². The van der Waals surface area contributed by atoms with Gasteiger partial charge in [-0.05, 0) is 48.4 Å². The highest BCUT2D eigenvalue weighted by molar-refractivity contribution is 7.90. The molecule has 5 aromatic rings. The quantitative estimate of drug-likeness (QED) is 0.311. The Balaban J connectivity index is 1.91. The van der Waals surface area contributed by atoms with Crippen molar-refractivity contribution >= 4 is 37.8 Å². The van der Waals surface area contributed by atoms with Gasteiger partial charge in [-0.3, -0.25) is 0 Å². The number of para-hydroxylation sites is 1. The summed E-state index contributed by atoms with van der Waals surface area (Å²) in [6.45, 7) is 2.01. The molecule has 0 spiro atoms. The molecule has 0 saturated heterocycles. The molecule has 0 radical (unpaired) electrons. The van der Waals surface area contributed by atoms with Crippen LogP contribution in [0.3, 0.4) is 0 Å². The van der Waals surface area contributed by atoms with Crippen LogP contribution >= 0.6 is 0 Å². The van der Waals surface area contributed by atoms with E-state index in [1.165, 1.54) is 3.97 Å². The van der Waals surface area contributed by atoms with Crippen LogP contribution in [0.4, 0.5) is 0 Å². The van der Waals surface area contributed by atoms with Crippen molar-refractivity contribution in [3.05, 3.63) is 103 Å². The Morgan fingerprint density at radius 3 is 2.12 bits per heavy atom. The first-order valence-electron chi connectivity index (χ1n) is 10.6. The summed E-state index contributed by atoms with van der Waals surface area (Å²) in [5.74, 6) is -0.444. The molecule has 164 valence electrons. The van der Waals surface area contributed by atoms with Crippen LogP contribution in [-0.2, 0) is 14.8 Å². The van der Waals surface area contributed by atoms with Crippen molar-refractivity contribution in [2.24, 2.45) is 0 Å². The Bertz CT molecular complexity index is 1590. The molecule has 0 bridgehead atoms. The molecular weight excluding hydrogens is 434 g/mol. The van der Waals surface area contributed by atoms with Crippen LogP contribution in [0, 0.1) is 0 Å². The van der Waals surface area contributed by atoms with Crippen molar-refractivity contribution < 1.29 is 17.9 Å². The fraction of sp³-hybridized carbons (Fsp3) is 0.0741. The minimum atomic E-state index is -3.89. The van der Waals surface area contributed by atoms with Crippen LogP contribution in [0.5, 0.6) is 0 Å². The lowest BCUT2D eigenvalue weighted by molar-refractivity contribution is 0.0527. The summed E-state index contributed by atoms with van der Waals surface area (Å²) in [6.07, 6.45) is 0. The number of fused-ring (bicyclic) bond motifs is 3. The highest BCUT2D eigenvalue weighted by Gasteiger charge is 2.25. The second-order valence-corrected chi connectivity index (χ2v) is 9.39. The first-order chi connectivity index (χ1) is 16.0. The summed E-state index contributed by atoms with van der Waals surface area (Å²) in [4.78, 5) is 13.1. The molecule has 0 amide bonds. The van der Waals surface area contributed by atoms with E-state index in [1.54, 1.807) is 55.5 Å². The van der Waals surface area contributed by atoms with E-state index < -0.39 is 16.0 Å². The minimum absolute atomic E-state index is 0.198. The van der Waals surface area contributed by atoms with E-state index in [0.29, 0.717) is 27.5 Å². The van der Waals surface area contributed by atoms with Crippen molar-refractivity contribution in [1.29, 1.82) is 0 Å². The normalized spacial score (nSPS) is 11.7. The summed E-state index contributed by atoms with van der Waals surface area (Å²) < 4.78 is 34.2. The van der Waals surface area contributed by atoms with Crippen molar-refractivity contribution in [3.63, 3.8) is 0 Å². The number of carbonyl (C=O) groups excluding carboxylic acids is 1. The number of hydrogen-bond acceptors (Lipinski definition) is 4. The zero-order valence-corrected chi connectivity index (χ0v) is 18.7. The monoisotopic (exact) mass is 455 g/mol. The van der Waals surface area contributed by atoms with Gasteiger partial charge in [-0.1, -0.05) is 66.7 Å². The fourth-order valence-electron chi connectivity index (χ4n) is 4.17. The van der Waals surface area contributed by atoms with E-state index in [4.69, 9.17) is 4.74 Å². The van der Waals surface area contributed by atoms with Gasteiger partial charge >= 0.3 is 5.97 Å². The van der Waals surface area contributed by atoms with Gasteiger partial charge in [-0.2, -0.15) is 0 Å². The molecule has 5 nitrogen and oxygen atoms in total. The Labute approximate surface area is 191 Å². The molecule has 4 aromatic carbocycles. The smallest absolute Gasteiger partial charge is 0.338 e. The molecule has 0 aliphatic carbocycles. The van der Waals surface area contributed by atoms with Crippen molar-refractivity contribution in [2.45, 2.75) is 11.8 Å². The molecule has 0 saturated carbocycles. The van der Waals surface area contributed by atoms with Gasteiger partial charge in [-0.25, -0.2) is 17.2 Å². The van der Waals surface area contributed by atoms with E-state index in [-0.39, 0.29) is 11.5 Å². The third-order valence-corrected chi connectivity index (χ3v) is 7.37. The summed E-state index contributed by atoms with van der Waals surface area (Å²) >= 11 is 0. The Morgan fingerprint density at radius 2 is 1.42 bits per heavy atom. The van der Waals surface area contributed by atoms with E-state index >= 15 is 0 Å². The number of ether oxygens (including phenoxy) is 1. The fourth-order valence-corrected chi connectivity index (χ4v) is 5.71. The zero-order valence-electron chi connectivity index (χ0n) is 17.9. The first kappa shape index (κ1) is 21.0. The molecule has 33 heavy (non-hydrogen) atoms. The van der Waals surface area contributed by atoms with Crippen LogP contribution < -0.4 is 0 Å². The number of rotatable bonds is 5. The van der Waals surface area contributed by atoms with Crippen LogP contribution in [0.25, 0.3) is 32.9 Å². The Morgan fingerprint density at radius 1 is 0.788 bits per heavy atom. The van der Waals surface area contributed by atoms with Gasteiger partial charge in [0.2, 0.25) is 0 Å². The van der Waals surface area contributed by atoms with Crippen LogP contribution in [0.1, 0.15) is 17.3 Å². The standard InChI is InChI=1S/C27H21NO4S/c1-2-32-27(29)24-17-23-21-15-9-10-16-25(21)28(33(30,31)20-13-7-4-8-14-20)26(23)18-22(24)19-11-5-3-6-12-19/h3-18H,2H2,1H3. The summed E-state index contributed by atoms with van der Waals surface area (Å²) in [7, 11) is -3.89. The maximum absolute atomic E-state index is 13.8. The van der Waals surface area contributed by atoms with Gasteiger partial charge in [0.15, 0.2) is 0 Å². The molecule has 0 aliphatic heterocycles. The maximum atomic E-state index is 13.8. The van der Waals surface area contributed by atoms with Gasteiger partial charge in [0.05, 0.1) is 28.1 Å². The molecule has 0 N–H and O–H groups in total. The Kier molecular flexibility index (Phi) is 5.23. The van der Waals surface area contributed by atoms with Crippen LogP contribution in [0.2, 0.25) is 0 Å². The molecule has 0 atom stereocenters. The van der Waals surface area contributed by atoms with E-state index in [1.807, 2.05) is 48.5 Å². The number of nitrogens with zero attached hydrogens (tertiary/aromatic N) is 1.